The molecule has 2 aromatic carbocycles. The number of rotatable bonds is 8. The molecule has 8 nitrogen and oxygen atoms in total. The Kier molecular flexibility index (Phi) is 6.33. The zero-order chi connectivity index (χ0) is 20.8. The summed E-state index contributed by atoms with van der Waals surface area (Å²) in [7, 11) is 3.67. The summed E-state index contributed by atoms with van der Waals surface area (Å²) in [5.41, 5.74) is 2.87. The van der Waals surface area contributed by atoms with Gasteiger partial charge in [-0.05, 0) is 36.6 Å². The Bertz CT molecular complexity index is 985. The Morgan fingerprint density at radius 1 is 1.17 bits per heavy atom. The summed E-state index contributed by atoms with van der Waals surface area (Å²) >= 11 is 0. The van der Waals surface area contributed by atoms with Crippen molar-refractivity contribution in [2.45, 2.75) is 25.3 Å². The number of aromatic nitrogens is 1. The maximum atomic E-state index is 12.5. The Hall–Kier alpha value is -3.55. The fraction of sp³-hybridized carbons (Fsp3) is 0.286. The Morgan fingerprint density at radius 2 is 1.93 bits per heavy atom. The van der Waals surface area contributed by atoms with E-state index in [0.29, 0.717) is 35.6 Å². The van der Waals surface area contributed by atoms with Crippen LogP contribution in [0.15, 0.2) is 52.9 Å². The second-order valence-electron chi connectivity index (χ2n) is 6.99. The topological polar surface area (TPSA) is 108 Å². The molecule has 8 heteroatoms. The van der Waals surface area contributed by atoms with Crippen molar-refractivity contribution in [3.63, 3.8) is 0 Å². The average Bonchev–Trinajstić information content (AvgIpc) is 3.10. The highest BCUT2D eigenvalue weighted by Crippen LogP contribution is 2.23. The minimum absolute atomic E-state index is 0.0179. The van der Waals surface area contributed by atoms with Crippen LogP contribution in [0.5, 0.6) is 0 Å². The van der Waals surface area contributed by atoms with Crippen molar-refractivity contribution in [1.29, 1.82) is 0 Å². The molecule has 1 aromatic heterocycles. The predicted octanol–water partition coefficient (Wildman–Crippen LogP) is 3.49. The number of hydrogen-bond donors (Lipinski definition) is 3. The zero-order valence-electron chi connectivity index (χ0n) is 16.4. The third-order valence-corrected chi connectivity index (χ3v) is 4.38. The highest BCUT2D eigenvalue weighted by atomic mass is 16.4. The van der Waals surface area contributed by atoms with Crippen LogP contribution in [0.1, 0.15) is 18.4 Å². The van der Waals surface area contributed by atoms with Crippen LogP contribution < -0.4 is 15.5 Å². The molecule has 0 radical (unpaired) electrons. The first kappa shape index (κ1) is 20.2. The number of benzene rings is 2. The molecule has 0 fully saturated rings. The summed E-state index contributed by atoms with van der Waals surface area (Å²) in [6.45, 7) is 0. The van der Waals surface area contributed by atoms with E-state index in [9.17, 15) is 9.59 Å². The molecule has 3 rings (SSSR count). The Labute approximate surface area is 168 Å². The monoisotopic (exact) mass is 396 g/mol. The lowest BCUT2D eigenvalue weighted by Gasteiger charge is -2.18. The molecule has 1 atom stereocenters. The number of carbonyl (C=O) groups excluding carboxylic acids is 1. The van der Waals surface area contributed by atoms with Gasteiger partial charge in [0, 0.05) is 32.2 Å². The smallest absolute Gasteiger partial charge is 0.319 e. The van der Waals surface area contributed by atoms with Crippen LogP contribution in [-0.2, 0) is 11.2 Å². The van der Waals surface area contributed by atoms with Crippen LogP contribution in [0.3, 0.4) is 0 Å². The third kappa shape index (κ3) is 5.71. The van der Waals surface area contributed by atoms with Gasteiger partial charge in [0.1, 0.15) is 5.52 Å². The van der Waals surface area contributed by atoms with Gasteiger partial charge in [0.25, 0.3) is 6.01 Å². The SMILES string of the molecule is CN(C)c1nc2cc(NC(=O)NC(CCC(=O)O)Cc3ccccc3)ccc2o1. The third-order valence-electron chi connectivity index (χ3n) is 4.38. The maximum Gasteiger partial charge on any atom is 0.319 e. The average molecular weight is 396 g/mol. The number of nitrogens with one attached hydrogen (secondary N) is 2. The van der Waals surface area contributed by atoms with Gasteiger partial charge in [0.05, 0.1) is 0 Å². The van der Waals surface area contributed by atoms with Crippen LogP contribution in [0, 0.1) is 0 Å². The predicted molar refractivity (Wildman–Crippen MR) is 111 cm³/mol. The number of hydrogen-bond acceptors (Lipinski definition) is 5. The molecule has 2 amide bonds. The highest BCUT2D eigenvalue weighted by molar-refractivity contribution is 5.92. The van der Waals surface area contributed by atoms with Crippen molar-refractivity contribution in [3.8, 4) is 0 Å². The lowest BCUT2D eigenvalue weighted by atomic mass is 10.0. The van der Waals surface area contributed by atoms with Crippen LogP contribution in [0.2, 0.25) is 0 Å². The molecule has 1 unspecified atom stereocenters. The lowest BCUT2D eigenvalue weighted by Crippen LogP contribution is -2.39. The van der Waals surface area contributed by atoms with E-state index in [4.69, 9.17) is 9.52 Å². The standard InChI is InChI=1S/C21H24N4O4/c1-25(2)21-24-17-13-16(8-10-18(17)29-21)23-20(28)22-15(9-11-19(26)27)12-14-6-4-3-5-7-14/h3-8,10,13,15H,9,11-12H2,1-2H3,(H,26,27)(H2,22,23,28). The molecule has 0 bridgehead atoms. The van der Waals surface area contributed by atoms with E-state index < -0.39 is 12.0 Å². The molecule has 0 saturated carbocycles. The van der Waals surface area contributed by atoms with Crippen molar-refractivity contribution in [2.24, 2.45) is 0 Å². The van der Waals surface area contributed by atoms with Crippen LogP contribution in [0.25, 0.3) is 11.1 Å². The molecule has 29 heavy (non-hydrogen) atoms. The van der Waals surface area contributed by atoms with Crippen molar-refractivity contribution in [1.82, 2.24) is 10.3 Å². The number of carboxylic acids is 1. The molecular weight excluding hydrogens is 372 g/mol. The minimum atomic E-state index is -0.890. The number of carbonyl (C=O) groups is 2. The minimum Gasteiger partial charge on any atom is -0.481 e. The second-order valence-corrected chi connectivity index (χ2v) is 6.99. The first-order valence-electron chi connectivity index (χ1n) is 9.32. The molecule has 0 spiro atoms. The van der Waals surface area contributed by atoms with Gasteiger partial charge in [-0.25, -0.2) is 4.79 Å². The molecule has 0 aliphatic rings. The molecule has 3 aromatic rings. The fourth-order valence-electron chi connectivity index (χ4n) is 2.96. The number of anilines is 2. The second kappa shape index (κ2) is 9.09. The van der Waals surface area contributed by atoms with Gasteiger partial charge in [-0.15, -0.1) is 0 Å². The molecule has 0 saturated heterocycles. The fourth-order valence-corrected chi connectivity index (χ4v) is 2.96. The first-order chi connectivity index (χ1) is 13.9. The summed E-state index contributed by atoms with van der Waals surface area (Å²) in [6, 6.07) is 14.6. The quantitative estimate of drug-likeness (QED) is 0.538. The molecule has 0 aliphatic carbocycles. The lowest BCUT2D eigenvalue weighted by molar-refractivity contribution is -0.137. The number of nitrogens with zero attached hydrogens (tertiary/aromatic N) is 2. The summed E-state index contributed by atoms with van der Waals surface area (Å²) < 4.78 is 5.61. The van der Waals surface area contributed by atoms with E-state index in [1.54, 1.807) is 23.1 Å². The molecule has 152 valence electrons. The van der Waals surface area contributed by atoms with Crippen molar-refractivity contribution in [3.05, 3.63) is 54.1 Å². The van der Waals surface area contributed by atoms with E-state index in [2.05, 4.69) is 15.6 Å². The van der Waals surface area contributed by atoms with E-state index >= 15 is 0 Å². The molecular formula is C21H24N4O4. The van der Waals surface area contributed by atoms with Gasteiger partial charge in [0.15, 0.2) is 5.58 Å². The number of aliphatic carboxylic acids is 1. The Balaban J connectivity index is 1.66. The van der Waals surface area contributed by atoms with Gasteiger partial charge in [0.2, 0.25) is 0 Å². The summed E-state index contributed by atoms with van der Waals surface area (Å²) in [5, 5.41) is 14.7. The van der Waals surface area contributed by atoms with Crippen LogP contribution in [0.4, 0.5) is 16.5 Å². The van der Waals surface area contributed by atoms with Crippen LogP contribution in [-0.4, -0.2) is 42.2 Å². The van der Waals surface area contributed by atoms with Crippen molar-refractivity contribution >= 4 is 34.8 Å². The molecule has 1 heterocycles. The zero-order valence-corrected chi connectivity index (χ0v) is 16.4. The van der Waals surface area contributed by atoms with Gasteiger partial charge >= 0.3 is 12.0 Å². The van der Waals surface area contributed by atoms with E-state index in [1.165, 1.54) is 0 Å². The first-order valence-corrected chi connectivity index (χ1v) is 9.32. The summed E-state index contributed by atoms with van der Waals surface area (Å²) in [4.78, 5) is 29.6. The van der Waals surface area contributed by atoms with Gasteiger partial charge in [-0.2, -0.15) is 4.98 Å². The van der Waals surface area contributed by atoms with Gasteiger partial charge in [-0.1, -0.05) is 30.3 Å². The number of fused-ring (bicyclic) bond motifs is 1. The molecule has 3 N–H and O–H groups in total. The summed E-state index contributed by atoms with van der Waals surface area (Å²) in [6.07, 6.45) is 0.873. The number of urea groups is 1. The normalized spacial score (nSPS) is 11.8. The van der Waals surface area contributed by atoms with Crippen molar-refractivity contribution < 1.29 is 19.1 Å². The van der Waals surface area contributed by atoms with E-state index in [-0.39, 0.29) is 12.5 Å². The van der Waals surface area contributed by atoms with E-state index in [0.717, 1.165) is 5.56 Å². The number of carboxylic acid groups (broad SMARTS) is 1. The highest BCUT2D eigenvalue weighted by Gasteiger charge is 2.16. The van der Waals surface area contributed by atoms with Gasteiger partial charge < -0.3 is 25.1 Å². The maximum absolute atomic E-state index is 12.5. The molecule has 0 aliphatic heterocycles. The van der Waals surface area contributed by atoms with Crippen LogP contribution >= 0.6 is 0 Å². The van der Waals surface area contributed by atoms with Crippen molar-refractivity contribution in [2.75, 3.05) is 24.3 Å². The Morgan fingerprint density at radius 3 is 2.62 bits per heavy atom. The van der Waals surface area contributed by atoms with Gasteiger partial charge in [-0.3, -0.25) is 4.79 Å². The number of amides is 2. The summed E-state index contributed by atoms with van der Waals surface area (Å²) in [5.74, 6) is -0.890. The number of oxazole rings is 1. The largest absolute Gasteiger partial charge is 0.481 e. The van der Waals surface area contributed by atoms with E-state index in [1.807, 2.05) is 44.4 Å².